The van der Waals surface area contributed by atoms with E-state index in [4.69, 9.17) is 5.11 Å². The van der Waals surface area contributed by atoms with Gasteiger partial charge >= 0.3 is 6.09 Å². The minimum Gasteiger partial charge on any atom is -0.465 e. The molecule has 1 amide bonds. The first-order chi connectivity index (χ1) is 6.60. The molecule has 0 aromatic carbocycles. The van der Waals surface area contributed by atoms with E-state index in [2.05, 4.69) is 17.2 Å². The van der Waals surface area contributed by atoms with Crippen molar-refractivity contribution < 1.29 is 9.90 Å². The molecular formula is C10H12N2O2. The van der Waals surface area contributed by atoms with Gasteiger partial charge in [0.2, 0.25) is 0 Å². The molecule has 0 atom stereocenters. The number of carboxylic acid groups (broad SMARTS) is 1. The van der Waals surface area contributed by atoms with Crippen LogP contribution in [0, 0.1) is 0 Å². The summed E-state index contributed by atoms with van der Waals surface area (Å²) in [5, 5.41) is 10.7. The van der Waals surface area contributed by atoms with Crippen LogP contribution in [-0.4, -0.2) is 16.2 Å². The Morgan fingerprint density at radius 3 is 2.71 bits per heavy atom. The Balaban J connectivity index is 2.14. The highest BCUT2D eigenvalue weighted by Crippen LogP contribution is 2.46. The van der Waals surface area contributed by atoms with Gasteiger partial charge in [0, 0.05) is 11.1 Å². The second kappa shape index (κ2) is 2.97. The van der Waals surface area contributed by atoms with Crippen LogP contribution in [0.5, 0.6) is 0 Å². The van der Waals surface area contributed by atoms with Gasteiger partial charge in [0.15, 0.2) is 0 Å². The highest BCUT2D eigenvalue weighted by molar-refractivity contribution is 5.82. The van der Waals surface area contributed by atoms with Crippen LogP contribution in [0.25, 0.3) is 0 Å². The number of hydrogen-bond acceptors (Lipinski definition) is 2. The van der Waals surface area contributed by atoms with Crippen LogP contribution in [-0.2, 0) is 5.41 Å². The molecule has 0 bridgehead atoms. The summed E-state index contributed by atoms with van der Waals surface area (Å²) in [6, 6.07) is 3.64. The molecule has 1 aliphatic carbocycles. The number of amides is 1. The highest BCUT2D eigenvalue weighted by atomic mass is 16.4. The quantitative estimate of drug-likeness (QED) is 0.755. The summed E-state index contributed by atoms with van der Waals surface area (Å²) in [5.74, 6) is 0. The van der Waals surface area contributed by atoms with Crippen molar-refractivity contribution in [2.45, 2.75) is 25.2 Å². The molecule has 0 aliphatic heterocycles. The van der Waals surface area contributed by atoms with Crippen molar-refractivity contribution in [1.82, 2.24) is 4.98 Å². The Hall–Kier alpha value is -1.58. The zero-order chi connectivity index (χ0) is 10.2. The Kier molecular flexibility index (Phi) is 1.91. The molecule has 1 fully saturated rings. The van der Waals surface area contributed by atoms with Crippen molar-refractivity contribution in [1.29, 1.82) is 0 Å². The van der Waals surface area contributed by atoms with Crippen molar-refractivity contribution in [3.63, 3.8) is 0 Å². The molecule has 4 nitrogen and oxygen atoms in total. The maximum Gasteiger partial charge on any atom is 0.409 e. The lowest BCUT2D eigenvalue weighted by atomic mass is 10.1. The predicted octanol–water partition coefficient (Wildman–Crippen LogP) is 2.22. The molecule has 1 aliphatic rings. The summed E-state index contributed by atoms with van der Waals surface area (Å²) < 4.78 is 0. The van der Waals surface area contributed by atoms with Crippen molar-refractivity contribution in [3.05, 3.63) is 24.0 Å². The summed E-state index contributed by atoms with van der Waals surface area (Å²) in [4.78, 5) is 14.6. The van der Waals surface area contributed by atoms with Gasteiger partial charge in [-0.3, -0.25) is 10.3 Å². The molecule has 0 saturated heterocycles. The van der Waals surface area contributed by atoms with E-state index >= 15 is 0 Å². The SMILES string of the molecule is CC1(c2ccc(NC(=O)O)cn2)CC1. The highest BCUT2D eigenvalue weighted by Gasteiger charge is 2.40. The molecule has 2 N–H and O–H groups in total. The number of anilines is 1. The van der Waals surface area contributed by atoms with E-state index in [1.54, 1.807) is 12.3 Å². The van der Waals surface area contributed by atoms with Crippen LogP contribution in [0.2, 0.25) is 0 Å². The van der Waals surface area contributed by atoms with E-state index in [0.717, 1.165) is 5.69 Å². The van der Waals surface area contributed by atoms with E-state index in [1.807, 2.05) is 6.07 Å². The molecule has 2 rings (SSSR count). The molecule has 4 heteroatoms. The largest absolute Gasteiger partial charge is 0.465 e. The van der Waals surface area contributed by atoms with Crippen LogP contribution in [0.4, 0.5) is 10.5 Å². The van der Waals surface area contributed by atoms with Gasteiger partial charge in [-0.15, -0.1) is 0 Å². The molecule has 0 radical (unpaired) electrons. The Bertz CT molecular complexity index is 355. The van der Waals surface area contributed by atoms with E-state index < -0.39 is 6.09 Å². The summed E-state index contributed by atoms with van der Waals surface area (Å²) >= 11 is 0. The van der Waals surface area contributed by atoms with Gasteiger partial charge in [-0.25, -0.2) is 4.79 Å². The van der Waals surface area contributed by atoms with E-state index in [-0.39, 0.29) is 5.41 Å². The van der Waals surface area contributed by atoms with Crippen LogP contribution in [0.1, 0.15) is 25.5 Å². The average molecular weight is 192 g/mol. The standard InChI is InChI=1S/C10H12N2O2/c1-10(4-5-10)8-3-2-7(6-11-8)12-9(13)14/h2-3,6,12H,4-5H2,1H3,(H,13,14). The minimum atomic E-state index is -1.06. The number of nitrogens with one attached hydrogen (secondary N) is 1. The Labute approximate surface area is 82.0 Å². The van der Waals surface area contributed by atoms with Crippen LogP contribution in [0.15, 0.2) is 18.3 Å². The second-order valence-corrected chi connectivity index (χ2v) is 3.92. The minimum absolute atomic E-state index is 0.238. The first kappa shape index (κ1) is 8.99. The molecule has 1 saturated carbocycles. The summed E-state index contributed by atoms with van der Waals surface area (Å²) in [6.07, 6.45) is 2.85. The van der Waals surface area contributed by atoms with Gasteiger partial charge in [-0.05, 0) is 25.0 Å². The third kappa shape index (κ3) is 1.69. The van der Waals surface area contributed by atoms with Crippen molar-refractivity contribution >= 4 is 11.8 Å². The lowest BCUT2D eigenvalue weighted by molar-refractivity contribution is 0.209. The molecule has 0 unspecified atom stereocenters. The molecular weight excluding hydrogens is 180 g/mol. The van der Waals surface area contributed by atoms with Crippen molar-refractivity contribution in [2.24, 2.45) is 0 Å². The molecule has 1 heterocycles. The van der Waals surface area contributed by atoms with Crippen LogP contribution in [0.3, 0.4) is 0 Å². The number of pyridine rings is 1. The van der Waals surface area contributed by atoms with Crippen LogP contribution >= 0.6 is 0 Å². The molecule has 1 aromatic heterocycles. The fraction of sp³-hybridized carbons (Fsp3) is 0.400. The smallest absolute Gasteiger partial charge is 0.409 e. The van der Waals surface area contributed by atoms with Gasteiger partial charge in [0.1, 0.15) is 0 Å². The number of rotatable bonds is 2. The van der Waals surface area contributed by atoms with Gasteiger partial charge in [-0.1, -0.05) is 6.92 Å². The summed E-state index contributed by atoms with van der Waals surface area (Å²) in [5.41, 5.74) is 1.81. The van der Waals surface area contributed by atoms with Crippen LogP contribution < -0.4 is 5.32 Å². The lowest BCUT2D eigenvalue weighted by Gasteiger charge is -2.07. The topological polar surface area (TPSA) is 62.2 Å². The second-order valence-electron chi connectivity index (χ2n) is 3.92. The normalized spacial score (nSPS) is 17.5. The van der Waals surface area contributed by atoms with Gasteiger partial charge in [0.25, 0.3) is 0 Å². The fourth-order valence-electron chi connectivity index (χ4n) is 1.39. The third-order valence-corrected chi connectivity index (χ3v) is 2.63. The number of hydrogen-bond donors (Lipinski definition) is 2. The molecule has 1 aromatic rings. The fourth-order valence-corrected chi connectivity index (χ4v) is 1.39. The van der Waals surface area contributed by atoms with Crippen molar-refractivity contribution in [3.8, 4) is 0 Å². The lowest BCUT2D eigenvalue weighted by Crippen LogP contribution is -2.09. The van der Waals surface area contributed by atoms with Gasteiger partial charge in [0.05, 0.1) is 11.9 Å². The molecule has 0 spiro atoms. The number of carbonyl (C=O) groups is 1. The maximum atomic E-state index is 10.3. The predicted molar refractivity (Wildman–Crippen MR) is 52.5 cm³/mol. The molecule has 14 heavy (non-hydrogen) atoms. The monoisotopic (exact) mass is 192 g/mol. The average Bonchev–Trinajstić information content (AvgIpc) is 2.85. The van der Waals surface area contributed by atoms with E-state index in [0.29, 0.717) is 5.69 Å². The molecule has 74 valence electrons. The van der Waals surface area contributed by atoms with E-state index in [9.17, 15) is 4.79 Å². The van der Waals surface area contributed by atoms with E-state index in [1.165, 1.54) is 12.8 Å². The Morgan fingerprint density at radius 1 is 1.57 bits per heavy atom. The first-order valence-electron chi connectivity index (χ1n) is 4.57. The third-order valence-electron chi connectivity index (χ3n) is 2.63. The zero-order valence-electron chi connectivity index (χ0n) is 7.95. The van der Waals surface area contributed by atoms with Crippen molar-refractivity contribution in [2.75, 3.05) is 5.32 Å². The first-order valence-corrected chi connectivity index (χ1v) is 4.57. The zero-order valence-corrected chi connectivity index (χ0v) is 7.95. The Morgan fingerprint density at radius 2 is 2.29 bits per heavy atom. The van der Waals surface area contributed by atoms with Gasteiger partial charge in [-0.2, -0.15) is 0 Å². The maximum absolute atomic E-state index is 10.3. The summed E-state index contributed by atoms with van der Waals surface area (Å²) in [7, 11) is 0. The van der Waals surface area contributed by atoms with Gasteiger partial charge < -0.3 is 5.11 Å². The number of nitrogens with zero attached hydrogens (tertiary/aromatic N) is 1. The summed E-state index contributed by atoms with van der Waals surface area (Å²) in [6.45, 7) is 2.17. The number of aromatic nitrogens is 1.